The van der Waals surface area contributed by atoms with Gasteiger partial charge in [0.15, 0.2) is 0 Å². The molecule has 0 amide bonds. The Morgan fingerprint density at radius 3 is 0.929 bits per heavy atom. The molecule has 0 aliphatic carbocycles. The summed E-state index contributed by atoms with van der Waals surface area (Å²) in [5, 5.41) is 0. The van der Waals surface area contributed by atoms with Gasteiger partial charge in [-0.15, -0.1) is 9.05 Å². The maximum absolute atomic E-state index is 9.11. The van der Waals surface area contributed by atoms with Gasteiger partial charge in [-0.3, -0.25) is 13.3 Å². The van der Waals surface area contributed by atoms with Gasteiger partial charge in [0.25, 0.3) is 9.05 Å². The molecule has 0 spiro atoms. The van der Waals surface area contributed by atoms with E-state index in [0.717, 1.165) is 0 Å². The van der Waals surface area contributed by atoms with Crippen molar-refractivity contribution in [2.24, 2.45) is 0 Å². The van der Waals surface area contributed by atoms with Crippen molar-refractivity contribution in [3.63, 3.8) is 0 Å². The van der Waals surface area contributed by atoms with E-state index in [4.69, 9.17) is 26.6 Å². The van der Waals surface area contributed by atoms with Gasteiger partial charge in [0.05, 0.1) is 0 Å². The van der Waals surface area contributed by atoms with Gasteiger partial charge >= 0.3 is 59.1 Å². The van der Waals surface area contributed by atoms with Crippen molar-refractivity contribution in [2.45, 2.75) is 0 Å². The zero-order valence-corrected chi connectivity index (χ0v) is 14.4. The van der Waals surface area contributed by atoms with Crippen LogP contribution in [0.4, 0.5) is 0 Å². The molecule has 0 saturated heterocycles. The molecule has 0 rings (SSSR count). The van der Waals surface area contributed by atoms with Crippen LogP contribution < -0.4 is 59.1 Å². The van der Waals surface area contributed by atoms with Crippen molar-refractivity contribution in [3.8, 4) is 0 Å². The first-order chi connectivity index (χ1) is 4.00. The third kappa shape index (κ3) is 423. The van der Waals surface area contributed by atoms with Crippen molar-refractivity contribution in [1.82, 2.24) is 0 Å². The van der Waals surface area contributed by atoms with E-state index in [0.29, 0.717) is 0 Å². The van der Waals surface area contributed by atoms with E-state index in [1.165, 1.54) is 0 Å². The molecule has 0 bridgehead atoms. The molecule has 0 aliphatic heterocycles. The van der Waals surface area contributed by atoms with Gasteiger partial charge in [0.1, 0.15) is 0 Å². The standard InChI is InChI=1S/2Na.2H2O3S2.2H2O/c;;2*1-5(2,3)4;;/h;;2*(H2,1,2,3,4);2*1H2/q2*+1;;;;/p-2. The van der Waals surface area contributed by atoms with Gasteiger partial charge in [0.2, 0.25) is 0 Å². The molecule has 0 unspecified atom stereocenters. The first-order valence-corrected chi connectivity index (χ1v) is 6.10. The Hall–Kier alpha value is 2.50. The zero-order valence-electron chi connectivity index (χ0n) is 7.16. The first-order valence-electron chi connectivity index (χ1n) is 1.37. The van der Waals surface area contributed by atoms with Crippen LogP contribution in [0.25, 0.3) is 0 Å². The van der Waals surface area contributed by atoms with Gasteiger partial charge < -0.3 is 20.1 Å². The summed E-state index contributed by atoms with van der Waals surface area (Å²) in [5.74, 6) is 0. The number of hydrogen-bond acceptors (Lipinski definition) is 6. The second-order valence-corrected chi connectivity index (χ2v) is 5.10. The van der Waals surface area contributed by atoms with Crippen molar-refractivity contribution in [2.75, 3.05) is 0 Å². The molecule has 80 valence electrons. The van der Waals surface area contributed by atoms with Crippen LogP contribution in [0.3, 0.4) is 0 Å². The van der Waals surface area contributed by atoms with Crippen LogP contribution in [-0.2, 0) is 40.5 Å². The van der Waals surface area contributed by atoms with Gasteiger partial charge in [-0.05, 0) is 11.2 Å². The van der Waals surface area contributed by atoms with Crippen molar-refractivity contribution >= 4 is 40.5 Å². The summed E-state index contributed by atoms with van der Waals surface area (Å²) in [6.07, 6.45) is 0. The molecule has 0 heterocycles. The van der Waals surface area contributed by atoms with Gasteiger partial charge in [0, 0.05) is 11.2 Å². The van der Waals surface area contributed by atoms with Crippen LogP contribution in [-0.4, -0.2) is 37.6 Å². The maximum Gasteiger partial charge on any atom is 1.00 e. The predicted octanol–water partition coefficient (Wildman–Crippen LogP) is -8.97. The smallest absolute Gasteiger partial charge is 0.780 e. The fourth-order valence-electron chi connectivity index (χ4n) is 0. The molecule has 0 fully saturated rings. The molecule has 0 atom stereocenters. The molecule has 0 aromatic rings. The Bertz CT molecular complexity index is 216. The van der Waals surface area contributed by atoms with Crippen LogP contribution >= 0.6 is 0 Å². The summed E-state index contributed by atoms with van der Waals surface area (Å²) >= 11 is 6.71. The van der Waals surface area contributed by atoms with Crippen LogP contribution in [0.1, 0.15) is 0 Å². The summed E-state index contributed by atoms with van der Waals surface area (Å²) in [4.78, 5) is 0. The second kappa shape index (κ2) is 15.5. The minimum Gasteiger partial charge on any atom is -0.780 e. The van der Waals surface area contributed by atoms with E-state index >= 15 is 0 Å². The Morgan fingerprint density at radius 2 is 0.929 bits per heavy atom. The molecule has 0 radical (unpaired) electrons. The fourth-order valence-corrected chi connectivity index (χ4v) is 0. The predicted molar refractivity (Wildman–Crippen MR) is 45.1 cm³/mol. The largest absolute Gasteiger partial charge is 1.00 e. The van der Waals surface area contributed by atoms with E-state index in [2.05, 4.69) is 22.4 Å². The summed E-state index contributed by atoms with van der Waals surface area (Å²) in [7, 11) is -8.17. The molecular weight excluding hydrogens is 302 g/mol. The molecule has 14 heavy (non-hydrogen) atoms. The molecule has 6 N–H and O–H groups in total. The molecular formula is H6Na2O8S4. The number of rotatable bonds is 0. The molecule has 8 nitrogen and oxygen atoms in total. The fraction of sp³-hybridized carbons (Fsp3) is 0. The van der Waals surface area contributed by atoms with Gasteiger partial charge in [-0.2, -0.15) is 4.21 Å². The van der Waals surface area contributed by atoms with E-state index in [9.17, 15) is 0 Å². The molecule has 0 aliphatic rings. The normalized spacial score (nSPS) is 8.29. The van der Waals surface area contributed by atoms with Crippen molar-refractivity contribution in [1.29, 1.82) is 0 Å². The minimum atomic E-state index is -4.33. The van der Waals surface area contributed by atoms with Crippen LogP contribution in [0.2, 0.25) is 0 Å². The van der Waals surface area contributed by atoms with Gasteiger partial charge in [-0.1, -0.05) is 0 Å². The number of hydrogen-bond donors (Lipinski definition) is 2. The Morgan fingerprint density at radius 1 is 0.929 bits per heavy atom. The van der Waals surface area contributed by atoms with E-state index < -0.39 is 18.1 Å². The van der Waals surface area contributed by atoms with Crippen molar-refractivity contribution in [3.05, 3.63) is 0 Å². The Balaban J connectivity index is -0.0000000178. The van der Waals surface area contributed by atoms with Crippen LogP contribution in [0.5, 0.6) is 0 Å². The molecule has 14 heteroatoms. The minimum absolute atomic E-state index is 0. The van der Waals surface area contributed by atoms with E-state index in [-0.39, 0.29) is 70.1 Å². The Kier molecular flexibility index (Phi) is 39.8. The summed E-state index contributed by atoms with van der Waals surface area (Å²) in [6.45, 7) is 0. The monoisotopic (exact) mass is 308 g/mol. The first kappa shape index (κ1) is 36.0. The summed E-state index contributed by atoms with van der Waals surface area (Å²) < 4.78 is 50.6. The third-order valence-electron chi connectivity index (χ3n) is 0. The Labute approximate surface area is 135 Å². The molecule has 0 aromatic carbocycles. The average molecular weight is 308 g/mol. The van der Waals surface area contributed by atoms with E-state index in [1.54, 1.807) is 0 Å². The maximum atomic E-state index is 9.11. The van der Waals surface area contributed by atoms with Crippen LogP contribution in [0, 0.1) is 0 Å². The van der Waals surface area contributed by atoms with Gasteiger partial charge in [-0.25, -0.2) is 0 Å². The topological polar surface area (TPSA) is 184 Å². The van der Waals surface area contributed by atoms with Crippen LogP contribution in [0.15, 0.2) is 0 Å². The zero-order chi connectivity index (χ0) is 9.00. The third-order valence-corrected chi connectivity index (χ3v) is 0. The average Bonchev–Trinajstić information content (AvgIpc) is 1.12. The van der Waals surface area contributed by atoms with E-state index in [1.807, 2.05) is 0 Å². The SMILES string of the molecule is O.O.O=S(O)(O)=S.O=S([O-])([O-])=S.[Na+].[Na+]. The second-order valence-electron chi connectivity index (χ2n) is 0.856. The summed E-state index contributed by atoms with van der Waals surface area (Å²) in [5.41, 5.74) is 0. The summed E-state index contributed by atoms with van der Waals surface area (Å²) in [6, 6.07) is 0. The quantitative estimate of drug-likeness (QED) is 0.413. The molecule has 0 saturated carbocycles. The molecule has 0 aromatic heterocycles. The van der Waals surface area contributed by atoms with Crippen molar-refractivity contribution < 1.29 is 96.7 Å².